The molecule has 0 bridgehead atoms. The van der Waals surface area contributed by atoms with E-state index in [-0.39, 0.29) is 5.41 Å². The summed E-state index contributed by atoms with van der Waals surface area (Å²) in [5.41, 5.74) is 11.1. The second-order valence-electron chi connectivity index (χ2n) is 17.3. The molecule has 46 heavy (non-hydrogen) atoms. The highest BCUT2D eigenvalue weighted by molar-refractivity contribution is 5.79. The summed E-state index contributed by atoms with van der Waals surface area (Å²) in [5.74, 6) is 4.67. The van der Waals surface area contributed by atoms with Gasteiger partial charge in [-0.25, -0.2) is 0 Å². The van der Waals surface area contributed by atoms with Gasteiger partial charge in [-0.05, 0) is 104 Å². The molecule has 2 N–H and O–H groups in total. The monoisotopic (exact) mass is 642 g/mol. The van der Waals surface area contributed by atoms with Gasteiger partial charge in [0.05, 0.1) is 0 Å². The molecule has 0 aromatic rings. The molecule has 0 aromatic heterocycles. The van der Waals surface area contributed by atoms with E-state index in [0.29, 0.717) is 51.9 Å². The summed E-state index contributed by atoms with van der Waals surface area (Å²) in [4.78, 5) is 11.4. The van der Waals surface area contributed by atoms with E-state index in [1.807, 2.05) is 13.8 Å². The van der Waals surface area contributed by atoms with Crippen molar-refractivity contribution >= 4 is 5.78 Å². The van der Waals surface area contributed by atoms with Crippen LogP contribution in [0.1, 0.15) is 169 Å². The Morgan fingerprint density at radius 3 is 1.52 bits per heavy atom. The van der Waals surface area contributed by atoms with E-state index in [9.17, 15) is 4.79 Å². The predicted octanol–water partition coefficient (Wildman–Crippen LogP) is 13.8. The lowest BCUT2D eigenvalue weighted by atomic mass is 9.69. The van der Waals surface area contributed by atoms with Crippen LogP contribution in [0.25, 0.3) is 0 Å². The number of nitrogens with two attached hydrogens (primary N) is 1. The molecule has 3 rings (SSSR count). The molecule has 0 radical (unpaired) electrons. The molecule has 0 aliphatic heterocycles. The molecule has 5 unspecified atom stereocenters. The first-order valence-corrected chi connectivity index (χ1v) is 18.9. The van der Waals surface area contributed by atoms with Crippen LogP contribution in [0.15, 0.2) is 48.7 Å². The molecular weight excluding hydrogens is 558 g/mol. The van der Waals surface area contributed by atoms with E-state index in [2.05, 4.69) is 116 Å². The van der Waals surface area contributed by atoms with Gasteiger partial charge in [0.25, 0.3) is 0 Å². The maximum Gasteiger partial charge on any atom is 0.133 e. The van der Waals surface area contributed by atoms with Crippen molar-refractivity contribution < 1.29 is 4.79 Å². The Morgan fingerprint density at radius 1 is 0.870 bits per heavy atom. The van der Waals surface area contributed by atoms with Crippen molar-refractivity contribution in [2.45, 2.75) is 169 Å². The SMILES string of the molecule is C=C(C)C(C)C(C(=C)C)C(C)(C)C.C=C(N)C(=C)C(C)CC1CC1.CC.CC1(C)CCCC1.CCC(C(C)=O)C1[C@H](CC)C1(C)C. The van der Waals surface area contributed by atoms with Crippen molar-refractivity contribution in [3.8, 4) is 0 Å². The van der Waals surface area contributed by atoms with Gasteiger partial charge < -0.3 is 5.73 Å². The van der Waals surface area contributed by atoms with Gasteiger partial charge in [0.15, 0.2) is 0 Å². The van der Waals surface area contributed by atoms with Crippen molar-refractivity contribution in [3.05, 3.63) is 48.7 Å². The minimum Gasteiger partial charge on any atom is -0.399 e. The Kier molecular flexibility index (Phi) is 21.0. The average Bonchev–Trinajstić information content (AvgIpc) is 3.80. The number of Topliss-reactive ketones (excluding diaryl/α,β-unsaturated/α-hetero) is 1. The third-order valence-corrected chi connectivity index (χ3v) is 11.1. The number of ketones is 1. The standard InChI is InChI=1S/C13H24.C12H22O.C10H17N.C7H14.C2H6/c1-9(2)11(5)12(10(3)4)13(6,7)8;1-6-9(8(3)13)11-10(7-2)12(11,4)5;1-7(6-10-4-5-10)8(2)9(3)11;1-7(2)5-3-4-6-7;1-2/h11-12H,1,3H2,2,4-8H3;9-11H,6-7H2,1-5H3;7,10H,2-6,11H2,1H3;3-6H2,1-2H3;1-2H3/t;9?,10-,11?;;;/m.0.../s1. The summed E-state index contributed by atoms with van der Waals surface area (Å²) < 4.78 is 0. The Hall–Kier alpha value is -1.57. The van der Waals surface area contributed by atoms with E-state index in [1.54, 1.807) is 6.92 Å². The lowest BCUT2D eigenvalue weighted by Crippen LogP contribution is -2.28. The van der Waals surface area contributed by atoms with E-state index < -0.39 is 0 Å². The van der Waals surface area contributed by atoms with Crippen LogP contribution in [0.4, 0.5) is 0 Å². The first-order valence-electron chi connectivity index (χ1n) is 18.9. The number of carbonyl (C=O) groups excluding carboxylic acids is 1. The molecule has 0 heterocycles. The summed E-state index contributed by atoms with van der Waals surface area (Å²) in [7, 11) is 0. The molecule has 0 saturated heterocycles. The summed E-state index contributed by atoms with van der Waals surface area (Å²) in [6.07, 6.45) is 12.1. The molecule has 0 amide bonds. The fourth-order valence-corrected chi connectivity index (χ4v) is 8.00. The van der Waals surface area contributed by atoms with Gasteiger partial charge in [0.2, 0.25) is 0 Å². The molecule has 3 saturated carbocycles. The second-order valence-corrected chi connectivity index (χ2v) is 17.3. The van der Waals surface area contributed by atoms with Crippen LogP contribution in [0.3, 0.4) is 0 Å². The van der Waals surface area contributed by atoms with Gasteiger partial charge in [-0.15, -0.1) is 0 Å². The van der Waals surface area contributed by atoms with Gasteiger partial charge in [-0.2, -0.15) is 0 Å². The fourth-order valence-electron chi connectivity index (χ4n) is 8.00. The van der Waals surface area contributed by atoms with Crippen LogP contribution in [0, 0.1) is 57.7 Å². The van der Waals surface area contributed by atoms with Crippen molar-refractivity contribution in [1.82, 2.24) is 0 Å². The van der Waals surface area contributed by atoms with Crippen LogP contribution in [0.5, 0.6) is 0 Å². The predicted molar refractivity (Wildman–Crippen MR) is 210 cm³/mol. The smallest absolute Gasteiger partial charge is 0.133 e. The second kappa shape index (κ2) is 20.7. The normalized spacial score (nSPS) is 23.0. The molecular formula is C44H83NO. The Bertz CT molecular complexity index is 945. The maximum atomic E-state index is 11.4. The molecule has 3 fully saturated rings. The zero-order valence-electron chi connectivity index (χ0n) is 34.2. The molecule has 270 valence electrons. The van der Waals surface area contributed by atoms with Crippen molar-refractivity contribution in [2.75, 3.05) is 0 Å². The van der Waals surface area contributed by atoms with Gasteiger partial charge in [0, 0.05) is 11.6 Å². The molecule has 2 nitrogen and oxygen atoms in total. The van der Waals surface area contributed by atoms with Crippen molar-refractivity contribution in [2.24, 2.45) is 63.4 Å². The minimum atomic E-state index is 0.282. The van der Waals surface area contributed by atoms with Crippen LogP contribution in [-0.4, -0.2) is 5.78 Å². The van der Waals surface area contributed by atoms with Gasteiger partial charge >= 0.3 is 0 Å². The molecule has 2 heteroatoms. The van der Waals surface area contributed by atoms with Gasteiger partial charge in [-0.3, -0.25) is 4.79 Å². The number of carbonyl (C=O) groups is 1. The zero-order valence-corrected chi connectivity index (χ0v) is 34.2. The van der Waals surface area contributed by atoms with Crippen molar-refractivity contribution in [1.29, 1.82) is 0 Å². The molecule has 3 aliphatic carbocycles. The Labute approximate surface area is 290 Å². The van der Waals surface area contributed by atoms with Gasteiger partial charge in [0.1, 0.15) is 5.78 Å². The largest absolute Gasteiger partial charge is 0.399 e. The quantitative estimate of drug-likeness (QED) is 0.180. The molecule has 0 aromatic carbocycles. The van der Waals surface area contributed by atoms with Crippen LogP contribution in [0.2, 0.25) is 0 Å². The summed E-state index contributed by atoms with van der Waals surface area (Å²) in [6.45, 7) is 50.6. The van der Waals surface area contributed by atoms with Crippen LogP contribution in [-0.2, 0) is 4.79 Å². The fraction of sp³-hybridized carbons (Fsp3) is 0.795. The maximum absolute atomic E-state index is 11.4. The minimum absolute atomic E-state index is 0.282. The summed E-state index contributed by atoms with van der Waals surface area (Å²) in [6, 6.07) is 0. The summed E-state index contributed by atoms with van der Waals surface area (Å²) >= 11 is 0. The first-order chi connectivity index (χ1) is 21.0. The molecule has 3 aliphatic rings. The highest BCUT2D eigenvalue weighted by atomic mass is 16.1. The van der Waals surface area contributed by atoms with E-state index in [0.717, 1.165) is 23.8 Å². The molecule has 0 spiro atoms. The lowest BCUT2D eigenvalue weighted by Gasteiger charge is -2.36. The number of hydrogen-bond acceptors (Lipinski definition) is 2. The highest BCUT2D eigenvalue weighted by Gasteiger charge is 2.59. The zero-order chi connectivity index (χ0) is 36.8. The third-order valence-electron chi connectivity index (χ3n) is 11.1. The number of hydrogen-bond donors (Lipinski definition) is 1. The Morgan fingerprint density at radius 2 is 1.33 bits per heavy atom. The third kappa shape index (κ3) is 16.5. The topological polar surface area (TPSA) is 43.1 Å². The lowest BCUT2D eigenvalue weighted by molar-refractivity contribution is -0.121. The summed E-state index contributed by atoms with van der Waals surface area (Å²) in [5, 5.41) is 0. The van der Waals surface area contributed by atoms with Crippen LogP contribution < -0.4 is 5.73 Å². The van der Waals surface area contributed by atoms with E-state index in [4.69, 9.17) is 5.73 Å². The average molecular weight is 642 g/mol. The first kappa shape index (κ1) is 46.5. The van der Waals surface area contributed by atoms with Crippen LogP contribution >= 0.6 is 0 Å². The molecule has 6 atom stereocenters. The van der Waals surface area contributed by atoms with E-state index >= 15 is 0 Å². The van der Waals surface area contributed by atoms with Gasteiger partial charge in [-0.1, -0.05) is 160 Å². The Balaban J connectivity index is 0. The van der Waals surface area contributed by atoms with Crippen molar-refractivity contribution in [3.63, 3.8) is 0 Å². The highest BCUT2D eigenvalue weighted by Crippen LogP contribution is 2.63. The number of rotatable bonds is 11. The number of allylic oxidation sites excluding steroid dienone is 3. The van der Waals surface area contributed by atoms with E-state index in [1.165, 1.54) is 62.5 Å².